The lowest BCUT2D eigenvalue weighted by Gasteiger charge is -2.06. The molecule has 0 amide bonds. The van der Waals surface area contributed by atoms with Gasteiger partial charge in [0.25, 0.3) is 0 Å². The normalized spacial score (nSPS) is 11.1. The fourth-order valence-electron chi connectivity index (χ4n) is 1.55. The van der Waals surface area contributed by atoms with Crippen LogP contribution < -0.4 is 0 Å². The number of benzene rings is 1. The Morgan fingerprint density at radius 2 is 2.11 bits per heavy atom. The van der Waals surface area contributed by atoms with Gasteiger partial charge in [0, 0.05) is 25.2 Å². The zero-order valence-electron chi connectivity index (χ0n) is 10.6. The molecular formula is C13H15ClN4. The number of rotatable bonds is 3. The molecule has 1 heterocycles. The second-order valence-electron chi connectivity index (χ2n) is 4.24. The number of nitrogens with zero attached hydrogens (tertiary/aromatic N) is 4. The highest BCUT2D eigenvalue weighted by Gasteiger charge is 2.06. The molecule has 0 N–H and O–H groups in total. The second kappa shape index (κ2) is 5.23. The number of aryl methyl sites for hydroxylation is 1. The van der Waals surface area contributed by atoms with Gasteiger partial charge < -0.3 is 4.90 Å². The van der Waals surface area contributed by atoms with E-state index in [0.29, 0.717) is 5.02 Å². The highest BCUT2D eigenvalue weighted by molar-refractivity contribution is 6.30. The number of hydrogen-bond acceptors (Lipinski definition) is 2. The molecule has 2 rings (SSSR count). The number of hydrogen-bond donors (Lipinski definition) is 0. The van der Waals surface area contributed by atoms with Crippen molar-refractivity contribution in [2.24, 2.45) is 4.99 Å². The SMILES string of the molecule is Cc1cc(/N=C/N(C)C)n(-c2cccc(Cl)c2)n1. The molecule has 0 saturated heterocycles. The van der Waals surface area contributed by atoms with Crippen molar-refractivity contribution in [2.75, 3.05) is 14.1 Å². The lowest BCUT2D eigenvalue weighted by atomic mass is 10.3. The number of halogens is 1. The Balaban J connectivity index is 2.44. The van der Waals surface area contributed by atoms with Crippen molar-refractivity contribution in [2.45, 2.75) is 6.92 Å². The molecule has 0 bridgehead atoms. The zero-order chi connectivity index (χ0) is 13.1. The Labute approximate surface area is 112 Å². The van der Waals surface area contributed by atoms with E-state index in [1.54, 1.807) is 11.0 Å². The maximum Gasteiger partial charge on any atom is 0.157 e. The molecule has 0 fully saturated rings. The average Bonchev–Trinajstić information content (AvgIpc) is 2.68. The van der Waals surface area contributed by atoms with Crippen LogP contribution in [0.3, 0.4) is 0 Å². The van der Waals surface area contributed by atoms with Gasteiger partial charge in [-0.3, -0.25) is 0 Å². The summed E-state index contributed by atoms with van der Waals surface area (Å²) < 4.78 is 1.78. The van der Waals surface area contributed by atoms with E-state index in [2.05, 4.69) is 10.1 Å². The lowest BCUT2D eigenvalue weighted by Crippen LogP contribution is -2.07. The molecule has 1 aromatic carbocycles. The van der Waals surface area contributed by atoms with Crippen LogP contribution in [0.5, 0.6) is 0 Å². The van der Waals surface area contributed by atoms with Crippen molar-refractivity contribution in [1.29, 1.82) is 0 Å². The third-order valence-corrected chi connectivity index (χ3v) is 2.52. The second-order valence-corrected chi connectivity index (χ2v) is 4.68. The number of aromatic nitrogens is 2. The minimum Gasteiger partial charge on any atom is -0.369 e. The van der Waals surface area contributed by atoms with Crippen LogP contribution in [0.25, 0.3) is 5.69 Å². The van der Waals surface area contributed by atoms with Crippen molar-refractivity contribution in [3.63, 3.8) is 0 Å². The highest BCUT2D eigenvalue weighted by atomic mass is 35.5. The molecule has 0 aliphatic rings. The summed E-state index contributed by atoms with van der Waals surface area (Å²) in [6.45, 7) is 1.94. The van der Waals surface area contributed by atoms with E-state index in [1.807, 2.05) is 56.3 Å². The molecule has 0 radical (unpaired) electrons. The number of aliphatic imine (C=N–C) groups is 1. The van der Waals surface area contributed by atoms with Crippen LogP contribution in [0, 0.1) is 6.92 Å². The van der Waals surface area contributed by atoms with E-state index in [4.69, 9.17) is 11.6 Å². The average molecular weight is 263 g/mol. The molecule has 0 atom stereocenters. The molecule has 0 saturated carbocycles. The minimum absolute atomic E-state index is 0.684. The maximum atomic E-state index is 5.99. The first kappa shape index (κ1) is 12.6. The zero-order valence-corrected chi connectivity index (χ0v) is 11.4. The van der Waals surface area contributed by atoms with Crippen LogP contribution in [0.4, 0.5) is 5.82 Å². The van der Waals surface area contributed by atoms with E-state index in [0.717, 1.165) is 17.2 Å². The van der Waals surface area contributed by atoms with Crippen LogP contribution >= 0.6 is 11.6 Å². The summed E-state index contributed by atoms with van der Waals surface area (Å²) >= 11 is 5.99. The van der Waals surface area contributed by atoms with Crippen molar-refractivity contribution >= 4 is 23.8 Å². The standard InChI is InChI=1S/C13H15ClN4/c1-10-7-13(15-9-17(2)3)18(16-10)12-6-4-5-11(14)8-12/h4-9H,1-3H3/b15-9+. The van der Waals surface area contributed by atoms with Crippen LogP contribution in [-0.2, 0) is 0 Å². The predicted molar refractivity (Wildman–Crippen MR) is 75.2 cm³/mol. The molecule has 5 heteroatoms. The van der Waals surface area contributed by atoms with Crippen LogP contribution in [0.15, 0.2) is 35.3 Å². The third-order valence-electron chi connectivity index (χ3n) is 2.29. The first-order chi connectivity index (χ1) is 8.56. The van der Waals surface area contributed by atoms with Gasteiger partial charge in [-0.15, -0.1) is 0 Å². The monoisotopic (exact) mass is 262 g/mol. The van der Waals surface area contributed by atoms with Crippen LogP contribution in [0.1, 0.15) is 5.69 Å². The largest absolute Gasteiger partial charge is 0.369 e. The van der Waals surface area contributed by atoms with Crippen molar-refractivity contribution in [1.82, 2.24) is 14.7 Å². The summed E-state index contributed by atoms with van der Waals surface area (Å²) in [7, 11) is 3.85. The Hall–Kier alpha value is -1.81. The summed E-state index contributed by atoms with van der Waals surface area (Å²) in [6.07, 6.45) is 1.75. The smallest absolute Gasteiger partial charge is 0.157 e. The summed E-state index contributed by atoms with van der Waals surface area (Å²) in [5.74, 6) is 0.781. The predicted octanol–water partition coefficient (Wildman–Crippen LogP) is 3.06. The molecule has 0 spiro atoms. The molecule has 0 unspecified atom stereocenters. The lowest BCUT2D eigenvalue weighted by molar-refractivity contribution is 0.642. The Morgan fingerprint density at radius 3 is 2.78 bits per heavy atom. The Bertz CT molecular complexity index is 572. The van der Waals surface area contributed by atoms with E-state index >= 15 is 0 Å². The van der Waals surface area contributed by atoms with Gasteiger partial charge in [-0.2, -0.15) is 5.10 Å². The highest BCUT2D eigenvalue weighted by Crippen LogP contribution is 2.21. The van der Waals surface area contributed by atoms with E-state index in [9.17, 15) is 0 Å². The minimum atomic E-state index is 0.684. The van der Waals surface area contributed by atoms with E-state index in [1.165, 1.54) is 0 Å². The van der Waals surface area contributed by atoms with Gasteiger partial charge in [0.1, 0.15) is 0 Å². The molecule has 4 nitrogen and oxygen atoms in total. The van der Waals surface area contributed by atoms with E-state index < -0.39 is 0 Å². The molecular weight excluding hydrogens is 248 g/mol. The van der Waals surface area contributed by atoms with Crippen LogP contribution in [0.2, 0.25) is 5.02 Å². The van der Waals surface area contributed by atoms with Gasteiger partial charge in [-0.25, -0.2) is 9.67 Å². The molecule has 2 aromatic rings. The fraction of sp³-hybridized carbons (Fsp3) is 0.231. The molecule has 18 heavy (non-hydrogen) atoms. The van der Waals surface area contributed by atoms with E-state index in [-0.39, 0.29) is 0 Å². The van der Waals surface area contributed by atoms with Crippen LogP contribution in [-0.4, -0.2) is 35.1 Å². The Morgan fingerprint density at radius 1 is 1.33 bits per heavy atom. The summed E-state index contributed by atoms with van der Waals surface area (Å²) in [5.41, 5.74) is 1.82. The van der Waals surface area contributed by atoms with Gasteiger partial charge in [0.15, 0.2) is 5.82 Å². The molecule has 0 aliphatic heterocycles. The summed E-state index contributed by atoms with van der Waals surface area (Å²) in [6, 6.07) is 9.48. The fourth-order valence-corrected chi connectivity index (χ4v) is 1.73. The van der Waals surface area contributed by atoms with Gasteiger partial charge in [0.05, 0.1) is 17.7 Å². The van der Waals surface area contributed by atoms with Crippen molar-refractivity contribution in [3.05, 3.63) is 41.0 Å². The van der Waals surface area contributed by atoms with Gasteiger partial charge in [-0.1, -0.05) is 17.7 Å². The summed E-state index contributed by atoms with van der Waals surface area (Å²) in [5, 5.41) is 5.11. The van der Waals surface area contributed by atoms with Gasteiger partial charge in [-0.05, 0) is 25.1 Å². The summed E-state index contributed by atoms with van der Waals surface area (Å²) in [4.78, 5) is 6.27. The third kappa shape index (κ3) is 2.90. The first-order valence-corrected chi connectivity index (χ1v) is 5.97. The van der Waals surface area contributed by atoms with Gasteiger partial charge in [0.2, 0.25) is 0 Å². The van der Waals surface area contributed by atoms with Crippen molar-refractivity contribution in [3.8, 4) is 5.69 Å². The molecule has 0 aliphatic carbocycles. The molecule has 1 aromatic heterocycles. The maximum absolute atomic E-state index is 5.99. The quantitative estimate of drug-likeness (QED) is 0.629. The molecule has 94 valence electrons. The van der Waals surface area contributed by atoms with Gasteiger partial charge >= 0.3 is 0 Å². The van der Waals surface area contributed by atoms with Crippen molar-refractivity contribution < 1.29 is 0 Å². The first-order valence-electron chi connectivity index (χ1n) is 5.59. The Kier molecular flexibility index (Phi) is 3.67. The topological polar surface area (TPSA) is 33.4 Å².